The number of amides is 2. The minimum absolute atomic E-state index is 0.255. The fourth-order valence-electron chi connectivity index (χ4n) is 9.71. The number of para-hydroxylation sites is 1. The van der Waals surface area contributed by atoms with Gasteiger partial charge in [0.1, 0.15) is 30.4 Å². The van der Waals surface area contributed by atoms with Crippen LogP contribution in [-0.4, -0.2) is 139 Å². The van der Waals surface area contributed by atoms with E-state index >= 15 is 0 Å². The van der Waals surface area contributed by atoms with Crippen LogP contribution in [0.25, 0.3) is 11.3 Å². The first-order valence-electron chi connectivity index (χ1n) is 23.5. The van der Waals surface area contributed by atoms with Crippen LogP contribution in [-0.2, 0) is 21.0 Å². The third-order valence-corrected chi connectivity index (χ3v) is 13.7. The van der Waals surface area contributed by atoms with E-state index < -0.39 is 23.3 Å². The van der Waals surface area contributed by atoms with Gasteiger partial charge in [0.2, 0.25) is 17.7 Å². The SMILES string of the molecule is C[C@@H]1CNCCN1CCOc1cc(N2C3CCC2CN(c2cc(-c4ccccc4OCc4ccc(NC(=O)C(CCCCN(C)C)NC(=O)C5(C(=O)O)CCC5)cc4)nnc2N)C3)ccn1. The molecule has 1 aliphatic carbocycles. The summed E-state index contributed by atoms with van der Waals surface area (Å²) in [6.07, 6.45) is 7.12. The maximum atomic E-state index is 13.5. The molecule has 0 spiro atoms. The average molecular weight is 904 g/mol. The Morgan fingerprint density at radius 2 is 1.77 bits per heavy atom. The average Bonchev–Trinajstić information content (AvgIpc) is 3.56. The van der Waals surface area contributed by atoms with Crippen molar-refractivity contribution in [2.24, 2.45) is 5.41 Å². The van der Waals surface area contributed by atoms with E-state index in [1.165, 1.54) is 0 Å². The highest BCUT2D eigenvalue weighted by Gasteiger charge is 2.52. The number of carboxylic acids is 1. The fraction of sp³-hybridized carbons (Fsp3) is 0.510. The van der Waals surface area contributed by atoms with E-state index in [9.17, 15) is 19.5 Å². The zero-order chi connectivity index (χ0) is 46.2. The number of carbonyl (C=O) groups excluding carboxylic acids is 2. The normalized spacial score (nSPS) is 20.6. The molecule has 0 radical (unpaired) electrons. The van der Waals surface area contributed by atoms with Crippen molar-refractivity contribution in [2.45, 2.75) is 89.1 Å². The number of aliphatic carboxylic acids is 1. The van der Waals surface area contributed by atoms with Gasteiger partial charge in [-0.05, 0) is 114 Å². The van der Waals surface area contributed by atoms with Gasteiger partial charge in [-0.25, -0.2) is 4.98 Å². The minimum Gasteiger partial charge on any atom is -0.488 e. The van der Waals surface area contributed by atoms with E-state index in [0.29, 0.717) is 60.7 Å². The van der Waals surface area contributed by atoms with Gasteiger partial charge in [-0.1, -0.05) is 30.7 Å². The molecule has 4 fully saturated rings. The molecule has 3 aliphatic heterocycles. The summed E-state index contributed by atoms with van der Waals surface area (Å²) in [6, 6.07) is 21.4. The summed E-state index contributed by atoms with van der Waals surface area (Å²) in [5.74, 6) is -0.443. The lowest BCUT2D eigenvalue weighted by Gasteiger charge is -2.43. The maximum Gasteiger partial charge on any atom is 0.319 e. The van der Waals surface area contributed by atoms with Crippen molar-refractivity contribution in [3.63, 3.8) is 0 Å². The number of aromatic nitrogens is 3. The molecule has 1 saturated carbocycles. The van der Waals surface area contributed by atoms with Crippen LogP contribution in [0, 0.1) is 5.41 Å². The van der Waals surface area contributed by atoms with Crippen molar-refractivity contribution >= 4 is 40.7 Å². The van der Waals surface area contributed by atoms with Gasteiger partial charge in [-0.2, -0.15) is 0 Å². The molecule has 3 unspecified atom stereocenters. The molecule has 17 heteroatoms. The third kappa shape index (κ3) is 10.8. The summed E-state index contributed by atoms with van der Waals surface area (Å²) in [5, 5.41) is 27.9. The van der Waals surface area contributed by atoms with Gasteiger partial charge in [-0.15, -0.1) is 10.2 Å². The number of unbranched alkanes of at least 4 members (excludes halogenated alkanes) is 1. The second-order valence-corrected chi connectivity index (χ2v) is 18.5. The number of hydrogen-bond acceptors (Lipinski definition) is 14. The number of carboxylic acid groups (broad SMARTS) is 1. The molecule has 17 nitrogen and oxygen atoms in total. The summed E-state index contributed by atoms with van der Waals surface area (Å²) < 4.78 is 12.6. The topological polar surface area (TPSA) is 204 Å². The van der Waals surface area contributed by atoms with Crippen LogP contribution < -0.4 is 41.0 Å². The van der Waals surface area contributed by atoms with Crippen molar-refractivity contribution in [2.75, 3.05) is 87.4 Å². The van der Waals surface area contributed by atoms with Gasteiger partial charge in [-0.3, -0.25) is 19.3 Å². The van der Waals surface area contributed by atoms with E-state index in [-0.39, 0.29) is 37.4 Å². The molecule has 2 aromatic heterocycles. The Labute approximate surface area is 387 Å². The van der Waals surface area contributed by atoms with Crippen molar-refractivity contribution in [1.29, 1.82) is 0 Å². The molecule has 4 atom stereocenters. The van der Waals surface area contributed by atoms with Crippen molar-refractivity contribution in [3.8, 4) is 22.9 Å². The lowest BCUT2D eigenvalue weighted by Crippen LogP contribution is -2.55. The highest BCUT2D eigenvalue weighted by Crippen LogP contribution is 2.42. The first-order chi connectivity index (χ1) is 32.0. The molecule has 4 aromatic rings. The second kappa shape index (κ2) is 21.1. The van der Waals surface area contributed by atoms with Crippen LogP contribution in [0.15, 0.2) is 72.9 Å². The number of piperazine rings is 2. The van der Waals surface area contributed by atoms with Gasteiger partial charge in [0, 0.05) is 86.6 Å². The molecular weight excluding hydrogens is 839 g/mol. The van der Waals surface area contributed by atoms with Crippen LogP contribution in [0.5, 0.6) is 11.6 Å². The number of nitrogen functional groups attached to an aromatic ring is 1. The standard InChI is InChI=1S/C49H65N11O6/c1-33-29-51-22-24-58(33)25-26-65-44-27-36(18-21-52-44)60-37-16-17-38(60)31-59(30-37)42-28-41(55-56-45(42)50)39-9-4-5-11-43(39)66-32-34-12-14-35(15-13-34)53-46(61)40(10-6-7-23-57(2)3)54-47(62)49(48(63)64)19-8-20-49/h4-5,9,11-15,18,21,27-28,33,37-38,40,51H,6-8,10,16-17,19-20,22-26,29-32H2,1-3H3,(H2,50,56)(H,53,61)(H,54,62)(H,63,64)/t33-,37?,38?,40?/m1/s1. The molecule has 2 aromatic carbocycles. The van der Waals surface area contributed by atoms with Gasteiger partial charge in [0.05, 0.1) is 11.4 Å². The van der Waals surface area contributed by atoms with Crippen LogP contribution in [0.2, 0.25) is 0 Å². The van der Waals surface area contributed by atoms with Gasteiger partial charge in [0.15, 0.2) is 5.82 Å². The van der Waals surface area contributed by atoms with Crippen LogP contribution in [0.3, 0.4) is 0 Å². The maximum absolute atomic E-state index is 13.5. The predicted octanol–water partition coefficient (Wildman–Crippen LogP) is 4.64. The molecule has 3 saturated heterocycles. The number of ether oxygens (including phenoxy) is 2. The van der Waals surface area contributed by atoms with Crippen molar-refractivity contribution in [1.82, 2.24) is 35.6 Å². The summed E-state index contributed by atoms with van der Waals surface area (Å²) >= 11 is 0. The Morgan fingerprint density at radius 1 is 1.00 bits per heavy atom. The van der Waals surface area contributed by atoms with E-state index in [4.69, 9.17) is 15.2 Å². The zero-order valence-electron chi connectivity index (χ0n) is 38.5. The van der Waals surface area contributed by atoms with Gasteiger partial charge in [0.25, 0.3) is 0 Å². The molecule has 5 heterocycles. The number of benzene rings is 2. The number of nitrogens with one attached hydrogen (secondary N) is 3. The molecule has 4 aliphatic rings. The van der Waals surface area contributed by atoms with Crippen molar-refractivity contribution in [3.05, 3.63) is 78.5 Å². The van der Waals surface area contributed by atoms with Gasteiger partial charge < -0.3 is 51.0 Å². The van der Waals surface area contributed by atoms with Crippen LogP contribution >= 0.6 is 0 Å². The predicted molar refractivity (Wildman–Crippen MR) is 255 cm³/mol. The Kier molecular flexibility index (Phi) is 14.8. The summed E-state index contributed by atoms with van der Waals surface area (Å²) in [7, 11) is 3.96. The zero-order valence-corrected chi connectivity index (χ0v) is 38.5. The number of hydrogen-bond donors (Lipinski definition) is 5. The van der Waals surface area contributed by atoms with E-state index in [1.807, 2.05) is 62.8 Å². The second-order valence-electron chi connectivity index (χ2n) is 18.5. The number of fused-ring (bicyclic) bond motifs is 2. The number of rotatable bonds is 20. The molecule has 6 N–H and O–H groups in total. The first-order valence-corrected chi connectivity index (χ1v) is 23.5. The van der Waals surface area contributed by atoms with E-state index in [0.717, 1.165) is 87.6 Å². The quantitative estimate of drug-likeness (QED) is 0.0606. The molecular formula is C49H65N11O6. The highest BCUT2D eigenvalue weighted by molar-refractivity contribution is 6.05. The summed E-state index contributed by atoms with van der Waals surface area (Å²) in [4.78, 5) is 52.7. The lowest BCUT2D eigenvalue weighted by atomic mass is 9.68. The molecule has 352 valence electrons. The Hall–Kier alpha value is -6.04. The highest BCUT2D eigenvalue weighted by atomic mass is 16.5. The fourth-order valence-corrected chi connectivity index (χ4v) is 9.71. The Bertz CT molecular complexity index is 2300. The molecule has 66 heavy (non-hydrogen) atoms. The van der Waals surface area contributed by atoms with E-state index in [2.05, 4.69) is 69.8 Å². The minimum atomic E-state index is -1.46. The third-order valence-electron chi connectivity index (χ3n) is 13.7. The van der Waals surface area contributed by atoms with E-state index in [1.54, 1.807) is 12.1 Å². The molecule has 2 amide bonds. The monoisotopic (exact) mass is 904 g/mol. The largest absolute Gasteiger partial charge is 0.488 e. The van der Waals surface area contributed by atoms with Crippen LogP contribution in [0.4, 0.5) is 22.9 Å². The number of nitrogens with zero attached hydrogens (tertiary/aromatic N) is 7. The lowest BCUT2D eigenvalue weighted by molar-refractivity contribution is -0.162. The Balaban J connectivity index is 0.878. The van der Waals surface area contributed by atoms with Gasteiger partial charge >= 0.3 is 5.97 Å². The number of carbonyl (C=O) groups is 3. The number of pyridine rings is 1. The summed E-state index contributed by atoms with van der Waals surface area (Å²) in [6.45, 7) is 9.43. The van der Waals surface area contributed by atoms with Crippen molar-refractivity contribution < 1.29 is 29.0 Å². The number of nitrogens with two attached hydrogens (primary N) is 1. The first kappa shape index (κ1) is 46.5. The summed E-state index contributed by atoms with van der Waals surface area (Å²) in [5.41, 5.74) is 9.94. The smallest absolute Gasteiger partial charge is 0.319 e. The Morgan fingerprint density at radius 3 is 2.48 bits per heavy atom. The number of anilines is 4. The molecule has 8 rings (SSSR count). The molecule has 2 bridgehead atoms. The van der Waals surface area contributed by atoms with Crippen LogP contribution in [0.1, 0.15) is 63.9 Å².